The van der Waals surface area contributed by atoms with E-state index < -0.39 is 0 Å². The monoisotopic (exact) mass is 204 g/mol. The first-order valence-electron chi connectivity index (χ1n) is 5.28. The molecule has 2 heteroatoms. The van der Waals surface area contributed by atoms with E-state index in [0.29, 0.717) is 0 Å². The highest BCUT2D eigenvalue weighted by atomic mass is 16.5. The van der Waals surface area contributed by atoms with Crippen LogP contribution in [0.4, 0.5) is 0 Å². The Labute approximate surface area is 90.3 Å². The van der Waals surface area contributed by atoms with Crippen LogP contribution in [0.15, 0.2) is 12.1 Å². The van der Waals surface area contributed by atoms with E-state index in [2.05, 4.69) is 19.9 Å². The minimum atomic E-state index is 0.153. The van der Waals surface area contributed by atoms with Crippen LogP contribution in [-0.2, 0) is 5.41 Å². The topological polar surface area (TPSA) is 26.3 Å². The predicted molar refractivity (Wildman–Crippen MR) is 59.7 cm³/mol. The second kappa shape index (κ2) is 3.37. The van der Waals surface area contributed by atoms with Crippen molar-refractivity contribution < 1.29 is 9.53 Å². The van der Waals surface area contributed by atoms with Crippen LogP contribution in [0.3, 0.4) is 0 Å². The molecule has 0 bridgehead atoms. The summed E-state index contributed by atoms with van der Waals surface area (Å²) < 4.78 is 5.60. The van der Waals surface area contributed by atoms with Gasteiger partial charge in [-0.05, 0) is 30.4 Å². The molecule has 1 aliphatic rings. The lowest BCUT2D eigenvalue weighted by atomic mass is 9.79. The normalized spacial score (nSPS) is 17.8. The lowest BCUT2D eigenvalue weighted by Crippen LogP contribution is -2.26. The van der Waals surface area contributed by atoms with Crippen LogP contribution in [0.2, 0.25) is 0 Å². The van der Waals surface area contributed by atoms with Gasteiger partial charge in [-0.1, -0.05) is 19.9 Å². The van der Waals surface area contributed by atoms with Crippen molar-refractivity contribution in [3.8, 4) is 5.75 Å². The minimum Gasteiger partial charge on any atom is -0.493 e. The number of carbonyl (C=O) groups excluding carboxylic acids is 1. The Morgan fingerprint density at radius 1 is 1.40 bits per heavy atom. The van der Waals surface area contributed by atoms with Gasteiger partial charge in [-0.25, -0.2) is 0 Å². The van der Waals surface area contributed by atoms with E-state index in [4.69, 9.17) is 4.74 Å². The highest BCUT2D eigenvalue weighted by molar-refractivity contribution is 5.78. The standard InChI is InChI=1S/C13H16O2/c1-9-6-11-12(7-10(9)8-14)15-5-4-13(11,2)3/h6-8H,4-5H2,1-3H3. The second-order valence-electron chi connectivity index (χ2n) is 4.81. The molecular formula is C13H16O2. The SMILES string of the molecule is Cc1cc2c(cc1C=O)OCCC2(C)C. The van der Waals surface area contributed by atoms with E-state index in [0.717, 1.165) is 36.2 Å². The molecule has 15 heavy (non-hydrogen) atoms. The van der Waals surface area contributed by atoms with Crippen LogP contribution in [0, 0.1) is 6.92 Å². The molecular weight excluding hydrogens is 188 g/mol. The molecule has 0 N–H and O–H groups in total. The van der Waals surface area contributed by atoms with Gasteiger partial charge < -0.3 is 4.74 Å². The highest BCUT2D eigenvalue weighted by Gasteiger charge is 2.29. The first-order valence-corrected chi connectivity index (χ1v) is 5.28. The van der Waals surface area contributed by atoms with Gasteiger partial charge in [0.2, 0.25) is 0 Å². The quantitative estimate of drug-likeness (QED) is 0.657. The van der Waals surface area contributed by atoms with Crippen molar-refractivity contribution in [1.82, 2.24) is 0 Å². The zero-order valence-corrected chi connectivity index (χ0v) is 9.46. The number of hydrogen-bond acceptors (Lipinski definition) is 2. The van der Waals surface area contributed by atoms with Gasteiger partial charge in [0.1, 0.15) is 12.0 Å². The van der Waals surface area contributed by atoms with Crippen LogP contribution >= 0.6 is 0 Å². The molecule has 0 radical (unpaired) electrons. The van der Waals surface area contributed by atoms with Gasteiger partial charge in [0.25, 0.3) is 0 Å². The summed E-state index contributed by atoms with van der Waals surface area (Å²) in [7, 11) is 0. The summed E-state index contributed by atoms with van der Waals surface area (Å²) in [6.07, 6.45) is 1.92. The van der Waals surface area contributed by atoms with E-state index in [1.165, 1.54) is 5.56 Å². The van der Waals surface area contributed by atoms with Gasteiger partial charge in [0.05, 0.1) is 6.61 Å². The highest BCUT2D eigenvalue weighted by Crippen LogP contribution is 2.39. The van der Waals surface area contributed by atoms with Gasteiger partial charge in [0, 0.05) is 11.1 Å². The average molecular weight is 204 g/mol. The molecule has 0 amide bonds. The summed E-state index contributed by atoms with van der Waals surface area (Å²) in [4.78, 5) is 10.8. The van der Waals surface area contributed by atoms with Gasteiger partial charge in [0.15, 0.2) is 0 Å². The van der Waals surface area contributed by atoms with E-state index in [1.54, 1.807) is 0 Å². The molecule has 0 saturated heterocycles. The first kappa shape index (κ1) is 10.2. The Morgan fingerprint density at radius 3 is 2.80 bits per heavy atom. The van der Waals surface area contributed by atoms with Crippen molar-refractivity contribution in [3.05, 3.63) is 28.8 Å². The maximum absolute atomic E-state index is 10.8. The molecule has 1 aromatic rings. The fraction of sp³-hybridized carbons (Fsp3) is 0.462. The molecule has 0 saturated carbocycles. The van der Waals surface area contributed by atoms with Crippen molar-refractivity contribution in [2.45, 2.75) is 32.6 Å². The predicted octanol–water partition coefficient (Wildman–Crippen LogP) is 2.87. The van der Waals surface area contributed by atoms with E-state index >= 15 is 0 Å². The number of hydrogen-bond donors (Lipinski definition) is 0. The zero-order valence-electron chi connectivity index (χ0n) is 9.46. The Bertz CT molecular complexity index is 405. The fourth-order valence-corrected chi connectivity index (χ4v) is 2.03. The maximum atomic E-state index is 10.8. The van der Waals surface area contributed by atoms with Gasteiger partial charge >= 0.3 is 0 Å². The molecule has 0 aromatic heterocycles. The molecule has 0 fully saturated rings. The third kappa shape index (κ3) is 1.65. The van der Waals surface area contributed by atoms with Crippen molar-refractivity contribution in [3.63, 3.8) is 0 Å². The van der Waals surface area contributed by atoms with Crippen LogP contribution in [-0.4, -0.2) is 12.9 Å². The summed E-state index contributed by atoms with van der Waals surface area (Å²) >= 11 is 0. The lowest BCUT2D eigenvalue weighted by molar-refractivity contribution is 0.112. The van der Waals surface area contributed by atoms with Crippen molar-refractivity contribution >= 4 is 6.29 Å². The average Bonchev–Trinajstić information content (AvgIpc) is 2.18. The smallest absolute Gasteiger partial charge is 0.150 e. The Hall–Kier alpha value is -1.31. The number of fused-ring (bicyclic) bond motifs is 1. The lowest BCUT2D eigenvalue weighted by Gasteiger charge is -2.33. The third-order valence-electron chi connectivity index (χ3n) is 3.21. The molecule has 0 atom stereocenters. The third-order valence-corrected chi connectivity index (χ3v) is 3.21. The molecule has 2 rings (SSSR count). The number of carbonyl (C=O) groups is 1. The molecule has 1 aliphatic heterocycles. The molecule has 1 aromatic carbocycles. The Morgan fingerprint density at radius 2 is 2.13 bits per heavy atom. The van der Waals surface area contributed by atoms with Crippen LogP contribution in [0.5, 0.6) is 5.75 Å². The molecule has 80 valence electrons. The van der Waals surface area contributed by atoms with Gasteiger partial charge in [-0.2, -0.15) is 0 Å². The summed E-state index contributed by atoms with van der Waals surface area (Å²) in [5, 5.41) is 0. The van der Waals surface area contributed by atoms with E-state index in [9.17, 15) is 4.79 Å². The number of aryl methyl sites for hydroxylation is 1. The van der Waals surface area contributed by atoms with Crippen molar-refractivity contribution in [1.29, 1.82) is 0 Å². The van der Waals surface area contributed by atoms with Gasteiger partial charge in [-0.15, -0.1) is 0 Å². The molecule has 0 unspecified atom stereocenters. The number of aldehydes is 1. The maximum Gasteiger partial charge on any atom is 0.150 e. The zero-order chi connectivity index (χ0) is 11.1. The second-order valence-corrected chi connectivity index (χ2v) is 4.81. The number of rotatable bonds is 1. The van der Waals surface area contributed by atoms with Crippen LogP contribution < -0.4 is 4.74 Å². The Kier molecular flexibility index (Phi) is 2.29. The minimum absolute atomic E-state index is 0.153. The van der Waals surface area contributed by atoms with Crippen molar-refractivity contribution in [2.24, 2.45) is 0 Å². The molecule has 2 nitrogen and oxygen atoms in total. The van der Waals surface area contributed by atoms with Crippen LogP contribution in [0.25, 0.3) is 0 Å². The summed E-state index contributed by atoms with van der Waals surface area (Å²) in [5.41, 5.74) is 3.13. The fourth-order valence-electron chi connectivity index (χ4n) is 2.03. The van der Waals surface area contributed by atoms with Gasteiger partial charge in [-0.3, -0.25) is 4.79 Å². The summed E-state index contributed by atoms with van der Waals surface area (Å²) in [6.45, 7) is 7.14. The number of benzene rings is 1. The van der Waals surface area contributed by atoms with Crippen molar-refractivity contribution in [2.75, 3.05) is 6.61 Å². The molecule has 0 spiro atoms. The van der Waals surface area contributed by atoms with E-state index in [-0.39, 0.29) is 5.41 Å². The molecule has 0 aliphatic carbocycles. The Balaban J connectivity index is 2.60. The first-order chi connectivity index (χ1) is 7.04. The summed E-state index contributed by atoms with van der Waals surface area (Å²) in [5.74, 6) is 0.874. The largest absolute Gasteiger partial charge is 0.493 e. The van der Waals surface area contributed by atoms with Crippen LogP contribution in [0.1, 0.15) is 41.8 Å². The van der Waals surface area contributed by atoms with E-state index in [1.807, 2.05) is 13.0 Å². The summed E-state index contributed by atoms with van der Waals surface area (Å²) in [6, 6.07) is 3.94. The molecule has 1 heterocycles. The number of ether oxygens (including phenoxy) is 1.